The number of nitrogens with one attached hydrogen (secondary N) is 2. The molecule has 0 unspecified atom stereocenters. The summed E-state index contributed by atoms with van der Waals surface area (Å²) in [6.45, 7) is 7.59. The molecule has 2 heterocycles. The van der Waals surface area contributed by atoms with E-state index in [1.54, 1.807) is 30.3 Å². The molecule has 1 saturated heterocycles. The second-order valence-electron chi connectivity index (χ2n) is 6.87. The summed E-state index contributed by atoms with van der Waals surface area (Å²) in [7, 11) is 0. The number of hydrogen-bond donors (Lipinski definition) is 2. The van der Waals surface area contributed by atoms with E-state index in [1.165, 1.54) is 19.2 Å². The van der Waals surface area contributed by atoms with Gasteiger partial charge in [0, 0.05) is 56.2 Å². The Morgan fingerprint density at radius 2 is 1.59 bits per heavy atom. The molecule has 0 bridgehead atoms. The van der Waals surface area contributed by atoms with Crippen molar-refractivity contribution in [2.24, 2.45) is 0 Å². The molecule has 0 aliphatic carbocycles. The minimum atomic E-state index is -0.400. The average molecular weight is 395 g/mol. The largest absolute Gasteiger partial charge is 0.336 e. The molecule has 0 atom stereocenters. The maximum atomic E-state index is 12.8. The van der Waals surface area contributed by atoms with Crippen LogP contribution >= 0.6 is 0 Å². The van der Waals surface area contributed by atoms with Crippen molar-refractivity contribution in [2.75, 3.05) is 43.4 Å². The molecule has 8 heteroatoms. The van der Waals surface area contributed by atoms with E-state index in [0.717, 1.165) is 19.6 Å². The normalized spacial score (nSPS) is 14.3. The van der Waals surface area contributed by atoms with Gasteiger partial charge < -0.3 is 20.4 Å². The van der Waals surface area contributed by atoms with Crippen LogP contribution in [0.1, 0.15) is 34.7 Å². The van der Waals surface area contributed by atoms with E-state index in [-0.39, 0.29) is 17.5 Å². The summed E-state index contributed by atoms with van der Waals surface area (Å²) in [6.07, 6.45) is 1.48. The summed E-state index contributed by atoms with van der Waals surface area (Å²) in [5.74, 6) is -0.650. The summed E-state index contributed by atoms with van der Waals surface area (Å²) in [5, 5.41) is 5.42. The van der Waals surface area contributed by atoms with Gasteiger partial charge in [0.25, 0.3) is 11.8 Å². The molecule has 29 heavy (non-hydrogen) atoms. The topological polar surface area (TPSA) is 94.6 Å². The zero-order valence-electron chi connectivity index (χ0n) is 16.6. The maximum absolute atomic E-state index is 12.8. The van der Waals surface area contributed by atoms with Gasteiger partial charge in [0.05, 0.1) is 0 Å². The van der Waals surface area contributed by atoms with E-state index in [9.17, 15) is 14.4 Å². The van der Waals surface area contributed by atoms with Gasteiger partial charge >= 0.3 is 0 Å². The predicted octanol–water partition coefficient (Wildman–Crippen LogP) is 2.07. The first-order valence-corrected chi connectivity index (χ1v) is 9.63. The first kappa shape index (κ1) is 20.5. The van der Waals surface area contributed by atoms with Gasteiger partial charge in [0.15, 0.2) is 0 Å². The minimum Gasteiger partial charge on any atom is -0.336 e. The molecule has 3 rings (SSSR count). The summed E-state index contributed by atoms with van der Waals surface area (Å²) < 4.78 is 0. The van der Waals surface area contributed by atoms with Crippen LogP contribution < -0.4 is 10.6 Å². The fourth-order valence-corrected chi connectivity index (χ4v) is 3.17. The van der Waals surface area contributed by atoms with E-state index in [2.05, 4.69) is 27.4 Å². The fourth-order valence-electron chi connectivity index (χ4n) is 3.17. The molecule has 8 nitrogen and oxygen atoms in total. The van der Waals surface area contributed by atoms with E-state index >= 15 is 0 Å². The molecule has 1 aliphatic rings. The highest BCUT2D eigenvalue weighted by Gasteiger charge is 2.22. The van der Waals surface area contributed by atoms with E-state index in [0.29, 0.717) is 30.0 Å². The highest BCUT2D eigenvalue weighted by Crippen LogP contribution is 2.15. The van der Waals surface area contributed by atoms with Gasteiger partial charge in [-0.15, -0.1) is 0 Å². The lowest BCUT2D eigenvalue weighted by atomic mass is 10.1. The number of rotatable bonds is 5. The Labute approximate surface area is 169 Å². The van der Waals surface area contributed by atoms with Crippen LogP contribution in [0.5, 0.6) is 0 Å². The highest BCUT2D eigenvalue weighted by atomic mass is 16.2. The summed E-state index contributed by atoms with van der Waals surface area (Å²) in [5.41, 5.74) is 1.84. The van der Waals surface area contributed by atoms with Gasteiger partial charge in [-0.1, -0.05) is 6.92 Å². The predicted molar refractivity (Wildman–Crippen MR) is 111 cm³/mol. The number of carbonyl (C=O) groups excluding carboxylic acids is 3. The summed E-state index contributed by atoms with van der Waals surface area (Å²) in [4.78, 5) is 44.6. The van der Waals surface area contributed by atoms with Crippen molar-refractivity contribution in [1.82, 2.24) is 14.8 Å². The lowest BCUT2D eigenvalue weighted by Gasteiger charge is -2.34. The SMILES string of the molecule is CCN1CCN(C(=O)c2ccnc(C(=O)Nc3ccc(NC(C)=O)cc3)c2)CC1. The van der Waals surface area contributed by atoms with Crippen LogP contribution in [-0.4, -0.2) is 65.2 Å². The molecule has 1 aromatic heterocycles. The van der Waals surface area contributed by atoms with Crippen molar-refractivity contribution in [3.05, 3.63) is 53.9 Å². The molecule has 3 amide bonds. The molecule has 0 saturated carbocycles. The van der Waals surface area contributed by atoms with Crippen molar-refractivity contribution in [3.8, 4) is 0 Å². The number of nitrogens with zero attached hydrogens (tertiary/aromatic N) is 3. The number of aromatic nitrogens is 1. The van der Waals surface area contributed by atoms with Crippen LogP contribution in [-0.2, 0) is 4.79 Å². The number of hydrogen-bond acceptors (Lipinski definition) is 5. The summed E-state index contributed by atoms with van der Waals surface area (Å²) >= 11 is 0. The van der Waals surface area contributed by atoms with Crippen LogP contribution in [0, 0.1) is 0 Å². The number of piperazine rings is 1. The first-order valence-electron chi connectivity index (χ1n) is 9.63. The van der Waals surface area contributed by atoms with Gasteiger partial charge in [-0.2, -0.15) is 0 Å². The Morgan fingerprint density at radius 3 is 2.17 bits per heavy atom. The lowest BCUT2D eigenvalue weighted by molar-refractivity contribution is -0.114. The van der Waals surface area contributed by atoms with Gasteiger partial charge in [-0.3, -0.25) is 19.4 Å². The minimum absolute atomic E-state index is 0.0862. The monoisotopic (exact) mass is 395 g/mol. The van der Waals surface area contributed by atoms with E-state index in [4.69, 9.17) is 0 Å². The van der Waals surface area contributed by atoms with Gasteiger partial charge in [0.1, 0.15) is 5.69 Å². The maximum Gasteiger partial charge on any atom is 0.274 e. The van der Waals surface area contributed by atoms with Crippen molar-refractivity contribution >= 4 is 29.1 Å². The second-order valence-corrected chi connectivity index (χ2v) is 6.87. The van der Waals surface area contributed by atoms with Crippen LogP contribution in [0.25, 0.3) is 0 Å². The Bertz CT molecular complexity index is 889. The van der Waals surface area contributed by atoms with Crippen molar-refractivity contribution < 1.29 is 14.4 Å². The number of carbonyl (C=O) groups is 3. The van der Waals surface area contributed by atoms with Crippen LogP contribution in [0.15, 0.2) is 42.6 Å². The van der Waals surface area contributed by atoms with Gasteiger partial charge in [-0.25, -0.2) is 0 Å². The quantitative estimate of drug-likeness (QED) is 0.808. The average Bonchev–Trinajstić information content (AvgIpc) is 2.74. The molecule has 2 aromatic rings. The zero-order chi connectivity index (χ0) is 20.8. The van der Waals surface area contributed by atoms with Crippen LogP contribution in [0.4, 0.5) is 11.4 Å². The Morgan fingerprint density at radius 1 is 0.966 bits per heavy atom. The zero-order valence-corrected chi connectivity index (χ0v) is 16.6. The van der Waals surface area contributed by atoms with Gasteiger partial charge in [0.2, 0.25) is 5.91 Å². The standard InChI is InChI=1S/C21H25N5O3/c1-3-25-10-12-26(13-11-25)21(29)16-8-9-22-19(14-16)20(28)24-18-6-4-17(5-7-18)23-15(2)27/h4-9,14H,3,10-13H2,1-2H3,(H,23,27)(H,24,28). The highest BCUT2D eigenvalue weighted by molar-refractivity contribution is 6.05. The number of amides is 3. The molecule has 1 aliphatic heterocycles. The van der Waals surface area contributed by atoms with Crippen LogP contribution in [0.2, 0.25) is 0 Å². The first-order chi connectivity index (χ1) is 14.0. The number of benzene rings is 1. The number of anilines is 2. The molecule has 2 N–H and O–H groups in total. The Hall–Kier alpha value is -3.26. The summed E-state index contributed by atoms with van der Waals surface area (Å²) in [6, 6.07) is 9.92. The van der Waals surface area contributed by atoms with Crippen LogP contribution in [0.3, 0.4) is 0 Å². The Kier molecular flexibility index (Phi) is 6.56. The number of likely N-dealkylation sites (N-methyl/N-ethyl adjacent to an activating group) is 1. The molecule has 0 radical (unpaired) electrons. The second kappa shape index (κ2) is 9.29. The molecule has 1 fully saturated rings. The lowest BCUT2D eigenvalue weighted by Crippen LogP contribution is -2.48. The van der Waals surface area contributed by atoms with E-state index in [1.807, 2.05) is 4.90 Å². The molecule has 0 spiro atoms. The third-order valence-corrected chi connectivity index (χ3v) is 4.81. The molecular formula is C21H25N5O3. The smallest absolute Gasteiger partial charge is 0.274 e. The van der Waals surface area contributed by atoms with E-state index < -0.39 is 5.91 Å². The number of pyridine rings is 1. The fraction of sp³-hybridized carbons (Fsp3) is 0.333. The molecule has 1 aromatic carbocycles. The molecular weight excluding hydrogens is 370 g/mol. The third kappa shape index (κ3) is 5.39. The third-order valence-electron chi connectivity index (χ3n) is 4.81. The van der Waals surface area contributed by atoms with Gasteiger partial charge in [-0.05, 0) is 42.9 Å². The molecule has 152 valence electrons. The van der Waals surface area contributed by atoms with Crippen molar-refractivity contribution in [1.29, 1.82) is 0 Å². The van der Waals surface area contributed by atoms with Crippen molar-refractivity contribution in [3.63, 3.8) is 0 Å². The van der Waals surface area contributed by atoms with Crippen molar-refractivity contribution in [2.45, 2.75) is 13.8 Å². The Balaban J connectivity index is 1.64.